The Morgan fingerprint density at radius 2 is 2.00 bits per heavy atom. The smallest absolute Gasteiger partial charge is 0.251 e. The Hall–Kier alpha value is -2.80. The average molecular weight is 438 g/mol. The first kappa shape index (κ1) is 21.4. The monoisotopic (exact) mass is 437 g/mol. The fourth-order valence-electron chi connectivity index (χ4n) is 4.25. The third-order valence-electron chi connectivity index (χ3n) is 5.87. The van der Waals surface area contributed by atoms with Crippen LogP contribution < -0.4 is 10.1 Å². The van der Waals surface area contributed by atoms with Crippen molar-refractivity contribution in [3.63, 3.8) is 0 Å². The quantitative estimate of drug-likeness (QED) is 0.687. The van der Waals surface area contributed by atoms with E-state index in [2.05, 4.69) is 17.2 Å². The second-order valence-electron chi connectivity index (χ2n) is 7.80. The largest absolute Gasteiger partial charge is 0.497 e. The topological polar surface area (TPSA) is 71.5 Å². The van der Waals surface area contributed by atoms with Crippen molar-refractivity contribution in [1.29, 1.82) is 0 Å². The average Bonchev–Trinajstić information content (AvgIpc) is 3.09. The summed E-state index contributed by atoms with van der Waals surface area (Å²) in [5.74, 6) is 1.59. The third-order valence-corrected chi connectivity index (χ3v) is 7.13. The van der Waals surface area contributed by atoms with E-state index in [4.69, 9.17) is 4.74 Å². The Balaban J connectivity index is 1.52. The fraction of sp³-hybridized carbons (Fsp3) is 0.375. The third kappa shape index (κ3) is 4.61. The van der Waals surface area contributed by atoms with Crippen LogP contribution in [-0.4, -0.2) is 39.9 Å². The Morgan fingerprint density at radius 3 is 2.71 bits per heavy atom. The van der Waals surface area contributed by atoms with Crippen molar-refractivity contribution in [2.24, 2.45) is 0 Å². The molecule has 0 fully saturated rings. The van der Waals surface area contributed by atoms with Gasteiger partial charge in [-0.25, -0.2) is 4.98 Å². The Bertz CT molecular complexity index is 975. The van der Waals surface area contributed by atoms with Gasteiger partial charge in [0.05, 0.1) is 18.9 Å². The number of nitrogens with zero attached hydrogens (tertiary/aromatic N) is 2. The molecule has 0 saturated heterocycles. The summed E-state index contributed by atoms with van der Waals surface area (Å²) in [6.45, 7) is 2.06. The molecule has 0 spiro atoms. The van der Waals surface area contributed by atoms with Gasteiger partial charge < -0.3 is 15.0 Å². The highest BCUT2D eigenvalue weighted by atomic mass is 32.2. The molecule has 2 amide bonds. The first-order valence-electron chi connectivity index (χ1n) is 10.6. The van der Waals surface area contributed by atoms with E-state index in [-0.39, 0.29) is 29.0 Å². The normalized spacial score (nSPS) is 19.2. The number of carbonyl (C=O) groups is 2. The molecular formula is C24H27N3O3S. The van der Waals surface area contributed by atoms with Gasteiger partial charge in [-0.2, -0.15) is 0 Å². The minimum atomic E-state index is -0.116. The van der Waals surface area contributed by atoms with Crippen LogP contribution in [0.4, 0.5) is 5.82 Å². The molecule has 1 aliphatic carbocycles. The van der Waals surface area contributed by atoms with Gasteiger partial charge >= 0.3 is 0 Å². The lowest BCUT2D eigenvalue weighted by Crippen LogP contribution is -2.37. The summed E-state index contributed by atoms with van der Waals surface area (Å²) in [5.41, 5.74) is 3.21. The van der Waals surface area contributed by atoms with Crippen molar-refractivity contribution in [3.05, 3.63) is 65.4 Å². The summed E-state index contributed by atoms with van der Waals surface area (Å²) >= 11 is 1.52. The molecule has 6 nitrogen and oxygen atoms in total. The molecule has 1 aromatic heterocycles. The van der Waals surface area contributed by atoms with Crippen molar-refractivity contribution in [2.75, 3.05) is 18.2 Å². The van der Waals surface area contributed by atoms with Gasteiger partial charge in [0.25, 0.3) is 5.91 Å². The summed E-state index contributed by atoms with van der Waals surface area (Å²) in [4.78, 5) is 32.0. The molecular weight excluding hydrogens is 410 g/mol. The summed E-state index contributed by atoms with van der Waals surface area (Å²) in [5, 5.41) is 2.72. The van der Waals surface area contributed by atoms with Gasteiger partial charge in [0.2, 0.25) is 5.91 Å². The van der Waals surface area contributed by atoms with E-state index >= 15 is 0 Å². The van der Waals surface area contributed by atoms with Crippen molar-refractivity contribution < 1.29 is 14.3 Å². The van der Waals surface area contributed by atoms with Crippen molar-refractivity contribution in [3.8, 4) is 5.75 Å². The number of pyridine rings is 1. The number of anilines is 1. The van der Waals surface area contributed by atoms with Gasteiger partial charge in [-0.05, 0) is 68.0 Å². The lowest BCUT2D eigenvalue weighted by Gasteiger charge is -2.32. The molecule has 7 heteroatoms. The molecule has 1 aromatic carbocycles. The highest BCUT2D eigenvalue weighted by Gasteiger charge is 2.42. The molecule has 4 rings (SSSR count). The number of benzene rings is 1. The van der Waals surface area contributed by atoms with Gasteiger partial charge in [0.15, 0.2) is 0 Å². The zero-order chi connectivity index (χ0) is 21.8. The SMILES string of the molecule is COc1ccc([C@H](C)N2C(=O)C3=C(CCCC3)C2SCC(=O)Nc2ccccn2)cc1. The lowest BCUT2D eigenvalue weighted by atomic mass is 9.94. The molecule has 0 saturated carbocycles. The molecule has 31 heavy (non-hydrogen) atoms. The minimum absolute atomic E-state index is 0.0969. The molecule has 2 aliphatic rings. The Kier molecular flexibility index (Phi) is 6.61. The van der Waals surface area contributed by atoms with Crippen LogP contribution in [-0.2, 0) is 9.59 Å². The number of methoxy groups -OCH3 is 1. The lowest BCUT2D eigenvalue weighted by molar-refractivity contribution is -0.128. The Morgan fingerprint density at radius 1 is 1.23 bits per heavy atom. The number of thioether (sulfide) groups is 1. The van der Waals surface area contributed by atoms with Crippen LogP contribution in [0.5, 0.6) is 5.75 Å². The number of hydrogen-bond donors (Lipinski definition) is 1. The van der Waals surface area contributed by atoms with Gasteiger partial charge in [0.1, 0.15) is 16.9 Å². The molecule has 2 heterocycles. The zero-order valence-corrected chi connectivity index (χ0v) is 18.7. The van der Waals surface area contributed by atoms with Crippen LogP contribution in [0.1, 0.15) is 44.2 Å². The van der Waals surface area contributed by atoms with Gasteiger partial charge in [-0.15, -0.1) is 11.8 Å². The van der Waals surface area contributed by atoms with Crippen LogP contribution in [0.15, 0.2) is 59.8 Å². The number of nitrogens with one attached hydrogen (secondary N) is 1. The molecule has 162 valence electrons. The molecule has 0 radical (unpaired) electrons. The van der Waals surface area contributed by atoms with E-state index in [0.29, 0.717) is 5.82 Å². The number of amides is 2. The van der Waals surface area contributed by atoms with Crippen LogP contribution in [0.2, 0.25) is 0 Å². The van der Waals surface area contributed by atoms with E-state index in [0.717, 1.165) is 42.6 Å². The number of rotatable bonds is 7. The van der Waals surface area contributed by atoms with Crippen molar-refractivity contribution >= 4 is 29.4 Å². The van der Waals surface area contributed by atoms with Gasteiger partial charge in [-0.3, -0.25) is 9.59 Å². The molecule has 1 N–H and O–H groups in total. The molecule has 2 atom stereocenters. The standard InChI is InChI=1S/C24H27N3O3S/c1-16(17-10-12-18(30-2)13-11-17)27-23(29)19-7-3-4-8-20(19)24(27)31-15-22(28)26-21-9-5-6-14-25-21/h5-6,9-14,16,24H,3-4,7-8,15H2,1-2H3,(H,25,26,28)/t16-,24?/m0/s1. The van der Waals surface area contributed by atoms with Gasteiger partial charge in [-0.1, -0.05) is 18.2 Å². The van der Waals surface area contributed by atoms with Crippen molar-refractivity contribution in [1.82, 2.24) is 9.88 Å². The summed E-state index contributed by atoms with van der Waals surface area (Å²) in [6, 6.07) is 13.2. The predicted octanol–water partition coefficient (Wildman–Crippen LogP) is 4.56. The van der Waals surface area contributed by atoms with E-state index in [1.54, 1.807) is 19.4 Å². The number of ether oxygens (including phenoxy) is 1. The maximum atomic E-state index is 13.3. The zero-order valence-electron chi connectivity index (χ0n) is 17.8. The van der Waals surface area contributed by atoms with Crippen molar-refractivity contribution in [2.45, 2.75) is 44.0 Å². The molecule has 1 aliphatic heterocycles. The first-order chi connectivity index (χ1) is 15.1. The second kappa shape index (κ2) is 9.56. The highest BCUT2D eigenvalue weighted by molar-refractivity contribution is 8.00. The molecule has 0 bridgehead atoms. The van der Waals surface area contributed by atoms with Gasteiger partial charge in [0, 0.05) is 11.8 Å². The highest BCUT2D eigenvalue weighted by Crippen LogP contribution is 2.44. The van der Waals surface area contributed by atoms with E-state index in [1.807, 2.05) is 41.3 Å². The summed E-state index contributed by atoms with van der Waals surface area (Å²) in [6.07, 6.45) is 5.54. The maximum absolute atomic E-state index is 13.3. The van der Waals surface area contributed by atoms with E-state index in [1.165, 1.54) is 17.3 Å². The van der Waals surface area contributed by atoms with Crippen LogP contribution >= 0.6 is 11.8 Å². The summed E-state index contributed by atoms with van der Waals surface area (Å²) in [7, 11) is 1.64. The predicted molar refractivity (Wildman–Crippen MR) is 123 cm³/mol. The number of carbonyl (C=O) groups excluding carboxylic acids is 2. The second-order valence-corrected chi connectivity index (χ2v) is 8.87. The summed E-state index contributed by atoms with van der Waals surface area (Å²) < 4.78 is 5.27. The van der Waals surface area contributed by atoms with Crippen LogP contribution in [0.3, 0.4) is 0 Å². The van der Waals surface area contributed by atoms with Crippen LogP contribution in [0.25, 0.3) is 0 Å². The molecule has 1 unspecified atom stereocenters. The number of hydrogen-bond acceptors (Lipinski definition) is 5. The Labute approximate surface area is 187 Å². The first-order valence-corrected chi connectivity index (χ1v) is 11.6. The van der Waals surface area contributed by atoms with E-state index < -0.39 is 0 Å². The van der Waals surface area contributed by atoms with E-state index in [9.17, 15) is 9.59 Å². The molecule has 2 aromatic rings. The number of aromatic nitrogens is 1. The maximum Gasteiger partial charge on any atom is 0.251 e. The van der Waals surface area contributed by atoms with Crippen LogP contribution in [0, 0.1) is 0 Å². The minimum Gasteiger partial charge on any atom is -0.497 e. The fourth-order valence-corrected chi connectivity index (χ4v) is 5.53.